The summed E-state index contributed by atoms with van der Waals surface area (Å²) in [6.07, 6.45) is 7.97. The summed E-state index contributed by atoms with van der Waals surface area (Å²) in [6, 6.07) is 0. The van der Waals surface area contributed by atoms with Gasteiger partial charge in [0.15, 0.2) is 5.69 Å². The van der Waals surface area contributed by atoms with E-state index < -0.39 is 0 Å². The summed E-state index contributed by atoms with van der Waals surface area (Å²) < 4.78 is 6.22. The lowest BCUT2D eigenvalue weighted by molar-refractivity contribution is -0.170. The average Bonchev–Trinajstić information content (AvgIpc) is 3.25. The Balaban J connectivity index is 1.13. The fourth-order valence-electron chi connectivity index (χ4n) is 5.12. The number of fused-ring (bicyclic) bond motifs is 1. The summed E-state index contributed by atoms with van der Waals surface area (Å²) in [4.78, 5) is 28.7. The van der Waals surface area contributed by atoms with Crippen molar-refractivity contribution in [3.05, 3.63) is 17.0 Å². The van der Waals surface area contributed by atoms with Crippen LogP contribution < -0.4 is 0 Å². The van der Waals surface area contributed by atoms with E-state index in [1.807, 2.05) is 9.80 Å². The molecular weight excluding hydrogens is 344 g/mol. The highest BCUT2D eigenvalue weighted by atomic mass is 16.5. The van der Waals surface area contributed by atoms with Gasteiger partial charge in [-0.1, -0.05) is 0 Å². The van der Waals surface area contributed by atoms with Crippen molar-refractivity contribution in [3.8, 4) is 0 Å². The molecule has 27 heavy (non-hydrogen) atoms. The maximum atomic E-state index is 12.8. The van der Waals surface area contributed by atoms with Crippen molar-refractivity contribution >= 4 is 11.8 Å². The molecule has 1 aromatic heterocycles. The number of aromatic nitrogens is 2. The highest BCUT2D eigenvalue weighted by Gasteiger charge is 2.49. The number of likely N-dealkylation sites (tertiary alicyclic amines) is 2. The molecule has 1 atom stereocenters. The monoisotopic (exact) mass is 372 g/mol. The fraction of sp³-hybridized carbons (Fsp3) is 0.750. The van der Waals surface area contributed by atoms with E-state index in [-0.39, 0.29) is 11.5 Å². The van der Waals surface area contributed by atoms with Gasteiger partial charge >= 0.3 is 0 Å². The van der Waals surface area contributed by atoms with E-state index in [4.69, 9.17) is 4.74 Å². The number of aryl methyl sites for hydroxylation is 1. The lowest BCUT2D eigenvalue weighted by atomic mass is 9.82. The Labute approximate surface area is 159 Å². The van der Waals surface area contributed by atoms with Crippen LogP contribution in [0.2, 0.25) is 0 Å². The molecule has 3 fully saturated rings. The van der Waals surface area contributed by atoms with Gasteiger partial charge in [-0.15, -0.1) is 0 Å². The summed E-state index contributed by atoms with van der Waals surface area (Å²) >= 11 is 0. The van der Waals surface area contributed by atoms with Crippen molar-refractivity contribution in [2.75, 3.05) is 32.8 Å². The standard InChI is InChI=1S/C20H28N4O3/c25-17-6-1-2-9-23(17)10-14-7-8-20(27-11-14)12-24(13-20)19(26)18-15-4-3-5-16(15)21-22-18/h14H,1-13H2,(H,21,22). The van der Waals surface area contributed by atoms with Crippen LogP contribution in [0.25, 0.3) is 0 Å². The first kappa shape index (κ1) is 17.2. The highest BCUT2D eigenvalue weighted by molar-refractivity contribution is 5.95. The number of hydrogen-bond acceptors (Lipinski definition) is 4. The third-order valence-corrected chi connectivity index (χ3v) is 6.79. The van der Waals surface area contributed by atoms with Crippen LogP contribution in [-0.2, 0) is 22.4 Å². The lowest BCUT2D eigenvalue weighted by Crippen LogP contribution is -2.66. The molecule has 7 nitrogen and oxygen atoms in total. The molecule has 0 aromatic carbocycles. The zero-order valence-electron chi connectivity index (χ0n) is 15.8. The van der Waals surface area contributed by atoms with E-state index in [2.05, 4.69) is 10.2 Å². The summed E-state index contributed by atoms with van der Waals surface area (Å²) in [5.74, 6) is 0.773. The Bertz CT molecular complexity index is 742. The van der Waals surface area contributed by atoms with E-state index in [0.717, 1.165) is 69.3 Å². The summed E-state index contributed by atoms with van der Waals surface area (Å²) in [7, 11) is 0. The summed E-state index contributed by atoms with van der Waals surface area (Å²) in [5.41, 5.74) is 2.71. The fourth-order valence-corrected chi connectivity index (χ4v) is 5.12. The molecule has 1 N–H and O–H groups in total. The molecule has 146 valence electrons. The van der Waals surface area contributed by atoms with Crippen molar-refractivity contribution in [1.29, 1.82) is 0 Å². The number of nitrogens with zero attached hydrogens (tertiary/aromatic N) is 3. The molecule has 1 spiro atoms. The van der Waals surface area contributed by atoms with Crippen molar-refractivity contribution in [2.24, 2.45) is 5.92 Å². The molecule has 1 unspecified atom stereocenters. The van der Waals surface area contributed by atoms with Crippen LogP contribution in [-0.4, -0.2) is 70.2 Å². The van der Waals surface area contributed by atoms with Gasteiger partial charge in [-0.2, -0.15) is 5.10 Å². The summed E-state index contributed by atoms with van der Waals surface area (Å²) in [6.45, 7) is 3.77. The first-order valence-corrected chi connectivity index (χ1v) is 10.4. The number of H-pyrrole nitrogens is 1. The average molecular weight is 372 g/mol. The number of hydrogen-bond donors (Lipinski definition) is 1. The maximum Gasteiger partial charge on any atom is 0.274 e. The molecule has 3 saturated heterocycles. The minimum absolute atomic E-state index is 0.0460. The van der Waals surface area contributed by atoms with Gasteiger partial charge in [-0.25, -0.2) is 0 Å². The molecule has 0 bridgehead atoms. The van der Waals surface area contributed by atoms with E-state index in [9.17, 15) is 9.59 Å². The second-order valence-corrected chi connectivity index (χ2v) is 8.74. The molecule has 4 aliphatic rings. The smallest absolute Gasteiger partial charge is 0.274 e. The maximum absolute atomic E-state index is 12.8. The van der Waals surface area contributed by atoms with Gasteiger partial charge < -0.3 is 14.5 Å². The zero-order valence-corrected chi connectivity index (χ0v) is 15.8. The molecule has 7 heteroatoms. The van der Waals surface area contributed by atoms with Gasteiger partial charge in [0.1, 0.15) is 5.60 Å². The highest BCUT2D eigenvalue weighted by Crippen LogP contribution is 2.37. The minimum atomic E-state index is -0.169. The van der Waals surface area contributed by atoms with Crippen LogP contribution in [0.5, 0.6) is 0 Å². The molecule has 5 rings (SSSR count). The van der Waals surface area contributed by atoms with Gasteiger partial charge in [-0.3, -0.25) is 14.7 Å². The van der Waals surface area contributed by atoms with Crippen LogP contribution in [0.4, 0.5) is 0 Å². The topological polar surface area (TPSA) is 78.5 Å². The second-order valence-electron chi connectivity index (χ2n) is 8.74. The predicted octanol–water partition coefficient (Wildman–Crippen LogP) is 1.53. The van der Waals surface area contributed by atoms with Crippen molar-refractivity contribution in [2.45, 2.75) is 57.0 Å². The minimum Gasteiger partial charge on any atom is -0.371 e. The quantitative estimate of drug-likeness (QED) is 0.873. The first-order valence-electron chi connectivity index (χ1n) is 10.4. The SMILES string of the molecule is O=C1CCCCN1CC1CCC2(CN(C(=O)c3n[nH]c4c3CCC4)C2)OC1. The van der Waals surface area contributed by atoms with Gasteiger partial charge in [-0.05, 0) is 44.9 Å². The van der Waals surface area contributed by atoms with E-state index in [1.165, 1.54) is 0 Å². The Morgan fingerprint density at radius 1 is 1.22 bits per heavy atom. The third-order valence-electron chi connectivity index (χ3n) is 6.79. The number of piperidine rings is 1. The molecule has 0 radical (unpaired) electrons. The van der Waals surface area contributed by atoms with Crippen molar-refractivity contribution in [3.63, 3.8) is 0 Å². The van der Waals surface area contributed by atoms with Crippen LogP contribution in [0, 0.1) is 5.92 Å². The molecule has 2 amide bonds. The van der Waals surface area contributed by atoms with E-state index in [1.54, 1.807) is 0 Å². The normalized spacial score (nSPS) is 27.0. The number of rotatable bonds is 3. The number of nitrogens with one attached hydrogen (secondary N) is 1. The first-order chi connectivity index (χ1) is 13.1. The van der Waals surface area contributed by atoms with Crippen molar-refractivity contribution in [1.82, 2.24) is 20.0 Å². The molecule has 0 saturated carbocycles. The number of carbonyl (C=O) groups is 2. The van der Waals surface area contributed by atoms with Gasteiger partial charge in [0.05, 0.1) is 19.7 Å². The largest absolute Gasteiger partial charge is 0.371 e. The molecule has 1 aromatic rings. The number of ether oxygens (including phenoxy) is 1. The Morgan fingerprint density at radius 2 is 2.11 bits per heavy atom. The lowest BCUT2D eigenvalue weighted by Gasteiger charge is -2.52. The van der Waals surface area contributed by atoms with Crippen LogP contribution in [0.3, 0.4) is 0 Å². The Kier molecular flexibility index (Phi) is 4.22. The van der Waals surface area contributed by atoms with Crippen LogP contribution >= 0.6 is 0 Å². The molecule has 1 aliphatic carbocycles. The van der Waals surface area contributed by atoms with Crippen LogP contribution in [0.1, 0.15) is 60.3 Å². The Hall–Kier alpha value is -1.89. The van der Waals surface area contributed by atoms with Crippen LogP contribution in [0.15, 0.2) is 0 Å². The molecule has 3 aliphatic heterocycles. The third kappa shape index (κ3) is 3.06. The van der Waals surface area contributed by atoms with E-state index in [0.29, 0.717) is 43.6 Å². The zero-order chi connectivity index (χ0) is 18.4. The van der Waals surface area contributed by atoms with Crippen molar-refractivity contribution < 1.29 is 14.3 Å². The molecular formula is C20H28N4O3. The Morgan fingerprint density at radius 3 is 2.89 bits per heavy atom. The number of carbonyl (C=O) groups excluding carboxylic acids is 2. The van der Waals surface area contributed by atoms with Gasteiger partial charge in [0, 0.05) is 36.7 Å². The number of amides is 2. The number of aromatic amines is 1. The van der Waals surface area contributed by atoms with Gasteiger partial charge in [0.25, 0.3) is 5.91 Å². The molecule has 4 heterocycles. The second kappa shape index (κ2) is 6.62. The predicted molar refractivity (Wildman–Crippen MR) is 98.4 cm³/mol. The van der Waals surface area contributed by atoms with Gasteiger partial charge in [0.2, 0.25) is 5.91 Å². The van der Waals surface area contributed by atoms with E-state index >= 15 is 0 Å². The summed E-state index contributed by atoms with van der Waals surface area (Å²) in [5, 5.41) is 7.29.